The average molecular weight is 334 g/mol. The first-order valence-electron chi connectivity index (χ1n) is 7.11. The highest BCUT2D eigenvalue weighted by Crippen LogP contribution is 2.32. The predicted molar refractivity (Wildman–Crippen MR) is 92.8 cm³/mol. The van der Waals surface area contributed by atoms with Crippen molar-refractivity contribution in [2.45, 2.75) is 18.7 Å². The SMILES string of the molecule is CC(SCCn1c(=O)oc2ccccc21)c1ccccc1Cl. The third kappa shape index (κ3) is 3.08. The zero-order chi connectivity index (χ0) is 15.5. The van der Waals surface area contributed by atoms with Crippen molar-refractivity contribution >= 4 is 34.5 Å². The molecule has 0 saturated carbocycles. The summed E-state index contributed by atoms with van der Waals surface area (Å²) in [6, 6.07) is 15.4. The number of nitrogens with zero attached hydrogens (tertiary/aromatic N) is 1. The summed E-state index contributed by atoms with van der Waals surface area (Å²) in [7, 11) is 0. The number of para-hydroxylation sites is 2. The monoisotopic (exact) mass is 333 g/mol. The normalized spacial score (nSPS) is 12.6. The van der Waals surface area contributed by atoms with Crippen LogP contribution in [-0.2, 0) is 6.54 Å². The van der Waals surface area contributed by atoms with Crippen LogP contribution < -0.4 is 5.76 Å². The van der Waals surface area contributed by atoms with Crippen molar-refractivity contribution < 1.29 is 4.42 Å². The molecule has 1 unspecified atom stereocenters. The van der Waals surface area contributed by atoms with Crippen molar-refractivity contribution in [3.8, 4) is 0 Å². The summed E-state index contributed by atoms with van der Waals surface area (Å²) in [4.78, 5) is 11.9. The maximum atomic E-state index is 11.9. The van der Waals surface area contributed by atoms with E-state index in [0.29, 0.717) is 12.1 Å². The van der Waals surface area contributed by atoms with Gasteiger partial charge in [-0.05, 0) is 30.7 Å². The summed E-state index contributed by atoms with van der Waals surface area (Å²) < 4.78 is 6.92. The molecule has 0 saturated heterocycles. The molecule has 1 heterocycles. The van der Waals surface area contributed by atoms with E-state index in [0.717, 1.165) is 21.9 Å². The van der Waals surface area contributed by atoms with Gasteiger partial charge in [0.15, 0.2) is 5.58 Å². The van der Waals surface area contributed by atoms with Gasteiger partial charge < -0.3 is 4.42 Å². The first-order chi connectivity index (χ1) is 10.7. The predicted octanol–water partition coefficient (Wildman–Crippen LogP) is 4.74. The van der Waals surface area contributed by atoms with Crippen molar-refractivity contribution in [1.29, 1.82) is 0 Å². The Hall–Kier alpha value is -1.65. The van der Waals surface area contributed by atoms with E-state index in [9.17, 15) is 4.79 Å². The Labute approximate surface area is 137 Å². The van der Waals surface area contributed by atoms with Gasteiger partial charge in [0, 0.05) is 22.6 Å². The lowest BCUT2D eigenvalue weighted by Crippen LogP contribution is -2.15. The van der Waals surface area contributed by atoms with Crippen molar-refractivity contribution in [2.75, 3.05) is 5.75 Å². The fourth-order valence-electron chi connectivity index (χ4n) is 2.44. The lowest BCUT2D eigenvalue weighted by molar-refractivity contribution is 0.514. The van der Waals surface area contributed by atoms with Crippen LogP contribution >= 0.6 is 23.4 Å². The van der Waals surface area contributed by atoms with E-state index in [1.54, 1.807) is 16.3 Å². The molecule has 0 aliphatic carbocycles. The molecule has 1 aromatic heterocycles. The molecule has 0 spiro atoms. The molecule has 0 amide bonds. The molecule has 22 heavy (non-hydrogen) atoms. The summed E-state index contributed by atoms with van der Waals surface area (Å²) in [5, 5.41) is 1.07. The molecule has 0 fully saturated rings. The van der Waals surface area contributed by atoms with Crippen LogP contribution in [0, 0.1) is 0 Å². The topological polar surface area (TPSA) is 35.1 Å². The van der Waals surface area contributed by atoms with E-state index in [1.807, 2.05) is 48.5 Å². The number of hydrogen-bond donors (Lipinski definition) is 0. The Morgan fingerprint density at radius 1 is 1.18 bits per heavy atom. The zero-order valence-electron chi connectivity index (χ0n) is 12.2. The summed E-state index contributed by atoms with van der Waals surface area (Å²) in [5.74, 6) is 0.516. The molecule has 5 heteroatoms. The number of halogens is 1. The maximum Gasteiger partial charge on any atom is 0.419 e. The van der Waals surface area contributed by atoms with Gasteiger partial charge in [0.2, 0.25) is 0 Å². The molecule has 0 N–H and O–H groups in total. The fraction of sp³-hybridized carbons (Fsp3) is 0.235. The lowest BCUT2D eigenvalue weighted by Gasteiger charge is -2.13. The average Bonchev–Trinajstić information content (AvgIpc) is 2.83. The smallest absolute Gasteiger partial charge is 0.408 e. The second-order valence-electron chi connectivity index (χ2n) is 5.02. The van der Waals surface area contributed by atoms with Gasteiger partial charge in [0.05, 0.1) is 5.52 Å². The number of hydrogen-bond acceptors (Lipinski definition) is 3. The minimum atomic E-state index is -0.299. The van der Waals surface area contributed by atoms with Crippen LogP contribution in [0.5, 0.6) is 0 Å². The van der Waals surface area contributed by atoms with Crippen molar-refractivity contribution in [3.05, 3.63) is 69.7 Å². The number of oxazole rings is 1. The Bertz CT molecular complexity index is 840. The van der Waals surface area contributed by atoms with E-state index in [-0.39, 0.29) is 11.0 Å². The highest BCUT2D eigenvalue weighted by atomic mass is 35.5. The summed E-state index contributed by atoms with van der Waals surface area (Å²) in [5.41, 5.74) is 2.61. The lowest BCUT2D eigenvalue weighted by atomic mass is 10.2. The minimum Gasteiger partial charge on any atom is -0.408 e. The standard InChI is InChI=1S/C17H16ClNO2S/c1-12(13-6-2-3-7-14(13)18)22-11-10-19-15-8-4-5-9-16(15)21-17(19)20/h2-9,12H,10-11H2,1H3. The van der Waals surface area contributed by atoms with Crippen molar-refractivity contribution in [1.82, 2.24) is 4.57 Å². The number of aromatic nitrogens is 1. The Morgan fingerprint density at radius 3 is 2.73 bits per heavy atom. The number of thioether (sulfide) groups is 1. The second-order valence-corrected chi connectivity index (χ2v) is 6.88. The molecular weight excluding hydrogens is 318 g/mol. The second kappa shape index (κ2) is 6.63. The van der Waals surface area contributed by atoms with Gasteiger partial charge in [0.25, 0.3) is 0 Å². The molecule has 0 aliphatic heterocycles. The van der Waals surface area contributed by atoms with Crippen LogP contribution in [0.4, 0.5) is 0 Å². The molecule has 1 atom stereocenters. The highest BCUT2D eigenvalue weighted by Gasteiger charge is 2.11. The van der Waals surface area contributed by atoms with Gasteiger partial charge in [-0.2, -0.15) is 11.8 Å². The number of aryl methyl sites for hydroxylation is 1. The summed E-state index contributed by atoms with van der Waals surface area (Å²) in [6.07, 6.45) is 0. The van der Waals surface area contributed by atoms with E-state index in [4.69, 9.17) is 16.0 Å². The fourth-order valence-corrected chi connectivity index (χ4v) is 3.83. The summed E-state index contributed by atoms with van der Waals surface area (Å²) in [6.45, 7) is 2.75. The molecule has 0 bridgehead atoms. The number of benzene rings is 2. The molecule has 2 aromatic carbocycles. The highest BCUT2D eigenvalue weighted by molar-refractivity contribution is 7.99. The first kappa shape index (κ1) is 15.3. The molecule has 3 rings (SSSR count). The molecule has 0 radical (unpaired) electrons. The van der Waals surface area contributed by atoms with E-state index in [1.165, 1.54) is 0 Å². The van der Waals surface area contributed by atoms with Gasteiger partial charge in [-0.3, -0.25) is 4.57 Å². The van der Waals surface area contributed by atoms with E-state index >= 15 is 0 Å². The van der Waals surface area contributed by atoms with Crippen molar-refractivity contribution in [3.63, 3.8) is 0 Å². The van der Waals surface area contributed by atoms with Crippen LogP contribution in [-0.4, -0.2) is 10.3 Å². The van der Waals surface area contributed by atoms with Gasteiger partial charge in [0.1, 0.15) is 0 Å². The van der Waals surface area contributed by atoms with Crippen LogP contribution in [0.2, 0.25) is 5.02 Å². The third-order valence-electron chi connectivity index (χ3n) is 3.60. The molecular formula is C17H16ClNO2S. The minimum absolute atomic E-state index is 0.280. The molecule has 3 nitrogen and oxygen atoms in total. The maximum absolute atomic E-state index is 11.9. The van der Waals surface area contributed by atoms with Gasteiger partial charge >= 0.3 is 5.76 Å². The van der Waals surface area contributed by atoms with Gasteiger partial charge in [-0.15, -0.1) is 0 Å². The van der Waals surface area contributed by atoms with Crippen molar-refractivity contribution in [2.24, 2.45) is 0 Å². The largest absolute Gasteiger partial charge is 0.419 e. The Morgan fingerprint density at radius 2 is 1.91 bits per heavy atom. The van der Waals surface area contributed by atoms with Crippen LogP contribution in [0.3, 0.4) is 0 Å². The van der Waals surface area contributed by atoms with E-state index < -0.39 is 0 Å². The van der Waals surface area contributed by atoms with Gasteiger partial charge in [-0.25, -0.2) is 4.79 Å². The zero-order valence-corrected chi connectivity index (χ0v) is 13.7. The van der Waals surface area contributed by atoms with E-state index in [2.05, 4.69) is 6.92 Å². The molecule has 114 valence electrons. The quantitative estimate of drug-likeness (QED) is 0.676. The van der Waals surface area contributed by atoms with Crippen LogP contribution in [0.25, 0.3) is 11.1 Å². The van der Waals surface area contributed by atoms with Gasteiger partial charge in [-0.1, -0.05) is 41.9 Å². The third-order valence-corrected chi connectivity index (χ3v) is 5.12. The van der Waals surface area contributed by atoms with Crippen LogP contribution in [0.1, 0.15) is 17.7 Å². The first-order valence-corrected chi connectivity index (χ1v) is 8.54. The number of rotatable bonds is 5. The van der Waals surface area contributed by atoms with Crippen LogP contribution in [0.15, 0.2) is 57.7 Å². The number of fused-ring (bicyclic) bond motifs is 1. The Kier molecular flexibility index (Phi) is 4.60. The Balaban J connectivity index is 1.69. The summed E-state index contributed by atoms with van der Waals surface area (Å²) >= 11 is 7.99. The molecule has 3 aromatic rings. The molecule has 0 aliphatic rings.